The average molecular weight is 285 g/mol. The topological polar surface area (TPSA) is 46.1 Å². The number of aryl methyl sites for hydroxylation is 1. The highest BCUT2D eigenvalue weighted by atomic mass is 16.1. The maximum Gasteiger partial charge on any atom is 0.238 e. The molecule has 1 aromatic carbocycles. The molecule has 1 amide bonds. The Labute approximate surface area is 125 Å². The highest BCUT2D eigenvalue weighted by Crippen LogP contribution is 2.27. The largest absolute Gasteiger partial charge is 0.347 e. The van der Waals surface area contributed by atoms with Gasteiger partial charge in [-0.15, -0.1) is 0 Å². The van der Waals surface area contributed by atoms with E-state index in [1.54, 1.807) is 0 Å². The number of amides is 1. The third-order valence-corrected chi connectivity index (χ3v) is 3.93. The van der Waals surface area contributed by atoms with Crippen molar-refractivity contribution in [3.05, 3.63) is 30.5 Å². The lowest BCUT2D eigenvalue weighted by atomic mass is 10.2. The van der Waals surface area contributed by atoms with E-state index in [-0.39, 0.29) is 5.91 Å². The van der Waals surface area contributed by atoms with E-state index in [1.807, 2.05) is 12.1 Å². The molecule has 112 valence electrons. The fourth-order valence-corrected chi connectivity index (χ4v) is 2.63. The fourth-order valence-electron chi connectivity index (χ4n) is 2.63. The van der Waals surface area contributed by atoms with Crippen LogP contribution in [0.25, 0.3) is 10.9 Å². The molecule has 0 radical (unpaired) electrons. The number of fused-ring (bicyclic) bond motifs is 1. The van der Waals surface area contributed by atoms with Crippen LogP contribution in [0.15, 0.2) is 30.5 Å². The van der Waals surface area contributed by atoms with E-state index in [0.717, 1.165) is 31.1 Å². The summed E-state index contributed by atoms with van der Waals surface area (Å²) in [5.74, 6) is 0.829. The first kappa shape index (κ1) is 14.1. The maximum absolute atomic E-state index is 11.9. The van der Waals surface area contributed by atoms with Crippen LogP contribution in [0.3, 0.4) is 0 Å². The Kier molecular flexibility index (Phi) is 4.25. The minimum atomic E-state index is 0.0305. The van der Waals surface area contributed by atoms with Crippen molar-refractivity contribution in [1.29, 1.82) is 0 Å². The SMILES string of the molecule is CCCn1ccc2cc(NC(=O)CNCC3CC3)ccc21. The first-order valence-corrected chi connectivity index (χ1v) is 7.85. The normalized spacial score (nSPS) is 14.5. The van der Waals surface area contributed by atoms with E-state index < -0.39 is 0 Å². The van der Waals surface area contributed by atoms with Crippen LogP contribution in [-0.2, 0) is 11.3 Å². The van der Waals surface area contributed by atoms with Crippen molar-refractivity contribution in [1.82, 2.24) is 9.88 Å². The molecule has 4 heteroatoms. The molecular weight excluding hydrogens is 262 g/mol. The molecule has 0 atom stereocenters. The van der Waals surface area contributed by atoms with Crippen molar-refractivity contribution in [2.45, 2.75) is 32.7 Å². The average Bonchev–Trinajstić information content (AvgIpc) is 3.21. The summed E-state index contributed by atoms with van der Waals surface area (Å²) < 4.78 is 2.25. The number of carbonyl (C=O) groups excluding carboxylic acids is 1. The molecule has 4 nitrogen and oxygen atoms in total. The lowest BCUT2D eigenvalue weighted by Crippen LogP contribution is -2.29. The summed E-state index contributed by atoms with van der Waals surface area (Å²) >= 11 is 0. The molecule has 1 saturated carbocycles. The van der Waals surface area contributed by atoms with Gasteiger partial charge in [0.25, 0.3) is 0 Å². The summed E-state index contributed by atoms with van der Waals surface area (Å²) in [6.07, 6.45) is 5.84. The number of nitrogens with zero attached hydrogens (tertiary/aromatic N) is 1. The quantitative estimate of drug-likeness (QED) is 0.821. The fraction of sp³-hybridized carbons (Fsp3) is 0.471. The second kappa shape index (κ2) is 6.31. The van der Waals surface area contributed by atoms with Crippen LogP contribution in [0, 0.1) is 5.92 Å². The standard InChI is InChI=1S/C17H23N3O/c1-2-8-20-9-7-14-10-15(5-6-16(14)20)19-17(21)12-18-11-13-3-4-13/h5-7,9-10,13,18H,2-4,8,11-12H2,1H3,(H,19,21). The second-order valence-corrected chi connectivity index (χ2v) is 5.91. The van der Waals surface area contributed by atoms with Crippen molar-refractivity contribution >= 4 is 22.5 Å². The van der Waals surface area contributed by atoms with Crippen LogP contribution in [0.4, 0.5) is 5.69 Å². The zero-order valence-electron chi connectivity index (χ0n) is 12.6. The Morgan fingerprint density at radius 3 is 2.95 bits per heavy atom. The minimum absolute atomic E-state index is 0.0305. The predicted molar refractivity (Wildman–Crippen MR) is 86.5 cm³/mol. The van der Waals surface area contributed by atoms with Crippen LogP contribution < -0.4 is 10.6 Å². The maximum atomic E-state index is 11.9. The second-order valence-electron chi connectivity index (χ2n) is 5.91. The van der Waals surface area contributed by atoms with Crippen molar-refractivity contribution in [2.75, 3.05) is 18.4 Å². The van der Waals surface area contributed by atoms with Gasteiger partial charge >= 0.3 is 0 Å². The summed E-state index contributed by atoms with van der Waals surface area (Å²) in [6, 6.07) is 8.21. The van der Waals surface area contributed by atoms with E-state index in [4.69, 9.17) is 0 Å². The van der Waals surface area contributed by atoms with Gasteiger partial charge in [0.15, 0.2) is 0 Å². The van der Waals surface area contributed by atoms with Gasteiger partial charge in [-0.3, -0.25) is 4.79 Å². The first-order valence-electron chi connectivity index (χ1n) is 7.85. The Bertz CT molecular complexity index is 628. The number of hydrogen-bond donors (Lipinski definition) is 2. The Balaban J connectivity index is 1.59. The van der Waals surface area contributed by atoms with Gasteiger partial charge in [-0.25, -0.2) is 0 Å². The molecule has 0 unspecified atom stereocenters. The molecule has 3 rings (SSSR count). The number of anilines is 1. The van der Waals surface area contributed by atoms with Crippen molar-refractivity contribution in [3.8, 4) is 0 Å². The lowest BCUT2D eigenvalue weighted by Gasteiger charge is -2.07. The highest BCUT2D eigenvalue weighted by molar-refractivity contribution is 5.95. The number of nitrogens with one attached hydrogen (secondary N) is 2. The van der Waals surface area contributed by atoms with Gasteiger partial charge in [0.1, 0.15) is 0 Å². The lowest BCUT2D eigenvalue weighted by molar-refractivity contribution is -0.115. The van der Waals surface area contributed by atoms with Gasteiger partial charge in [-0.05, 0) is 56.0 Å². The molecule has 0 saturated heterocycles. The van der Waals surface area contributed by atoms with Gasteiger partial charge in [0.05, 0.1) is 6.54 Å². The highest BCUT2D eigenvalue weighted by Gasteiger charge is 2.20. The third kappa shape index (κ3) is 3.64. The summed E-state index contributed by atoms with van der Waals surface area (Å²) in [5, 5.41) is 7.34. The van der Waals surface area contributed by atoms with E-state index in [9.17, 15) is 4.79 Å². The molecule has 1 fully saturated rings. The van der Waals surface area contributed by atoms with Crippen molar-refractivity contribution < 1.29 is 4.79 Å². The Hall–Kier alpha value is -1.81. The molecule has 1 heterocycles. The van der Waals surface area contributed by atoms with E-state index in [1.165, 1.54) is 23.7 Å². The zero-order valence-corrected chi connectivity index (χ0v) is 12.6. The zero-order chi connectivity index (χ0) is 14.7. The smallest absolute Gasteiger partial charge is 0.238 e. The summed E-state index contributed by atoms with van der Waals surface area (Å²) in [7, 11) is 0. The number of rotatable bonds is 7. The monoisotopic (exact) mass is 285 g/mol. The first-order chi connectivity index (χ1) is 10.3. The van der Waals surface area contributed by atoms with Gasteiger partial charge in [0.2, 0.25) is 5.91 Å². The van der Waals surface area contributed by atoms with Crippen LogP contribution >= 0.6 is 0 Å². The number of aromatic nitrogens is 1. The summed E-state index contributed by atoms with van der Waals surface area (Å²) in [4.78, 5) is 11.9. The molecule has 2 aromatic rings. The van der Waals surface area contributed by atoms with Crippen molar-refractivity contribution in [3.63, 3.8) is 0 Å². The van der Waals surface area contributed by atoms with Gasteiger partial charge in [-0.1, -0.05) is 6.92 Å². The van der Waals surface area contributed by atoms with E-state index in [2.05, 4.69) is 40.5 Å². The molecule has 2 N–H and O–H groups in total. The molecule has 0 aliphatic heterocycles. The molecular formula is C17H23N3O. The summed E-state index contributed by atoms with van der Waals surface area (Å²) in [5.41, 5.74) is 2.09. The number of benzene rings is 1. The van der Waals surface area contributed by atoms with Gasteiger partial charge < -0.3 is 15.2 Å². The third-order valence-electron chi connectivity index (χ3n) is 3.93. The van der Waals surface area contributed by atoms with Crippen LogP contribution in [0.2, 0.25) is 0 Å². The Morgan fingerprint density at radius 1 is 1.33 bits per heavy atom. The molecule has 1 aliphatic rings. The molecule has 1 aromatic heterocycles. The summed E-state index contributed by atoms with van der Waals surface area (Å²) in [6.45, 7) is 4.56. The molecule has 0 spiro atoms. The predicted octanol–water partition coefficient (Wildman–Crippen LogP) is 2.99. The number of carbonyl (C=O) groups is 1. The molecule has 0 bridgehead atoms. The van der Waals surface area contributed by atoms with Crippen LogP contribution in [0.1, 0.15) is 26.2 Å². The van der Waals surface area contributed by atoms with E-state index in [0.29, 0.717) is 6.54 Å². The van der Waals surface area contributed by atoms with Crippen molar-refractivity contribution in [2.24, 2.45) is 5.92 Å². The minimum Gasteiger partial charge on any atom is -0.347 e. The number of hydrogen-bond acceptors (Lipinski definition) is 2. The van der Waals surface area contributed by atoms with Gasteiger partial charge in [-0.2, -0.15) is 0 Å². The van der Waals surface area contributed by atoms with Crippen LogP contribution in [-0.4, -0.2) is 23.6 Å². The molecule has 21 heavy (non-hydrogen) atoms. The van der Waals surface area contributed by atoms with Gasteiger partial charge in [0, 0.05) is 29.3 Å². The molecule has 1 aliphatic carbocycles. The van der Waals surface area contributed by atoms with Crippen LogP contribution in [0.5, 0.6) is 0 Å². The Morgan fingerprint density at radius 2 is 2.19 bits per heavy atom. The van der Waals surface area contributed by atoms with E-state index >= 15 is 0 Å².